The molecule has 0 bridgehead atoms. The van der Waals surface area contributed by atoms with E-state index in [2.05, 4.69) is 31.1 Å². The fraction of sp³-hybridized carbons (Fsp3) is 0.0909. The van der Waals surface area contributed by atoms with Gasteiger partial charge in [-0.3, -0.25) is 9.78 Å². The highest BCUT2D eigenvalue weighted by Gasteiger charge is 2.17. The Labute approximate surface area is 175 Å². The van der Waals surface area contributed by atoms with Gasteiger partial charge in [0.15, 0.2) is 5.69 Å². The van der Waals surface area contributed by atoms with Crippen LogP contribution in [0.2, 0.25) is 0 Å². The van der Waals surface area contributed by atoms with E-state index in [0.29, 0.717) is 17.5 Å². The fourth-order valence-electron chi connectivity index (χ4n) is 3.15. The molecule has 7 heteroatoms. The Morgan fingerprint density at radius 1 is 1.10 bits per heavy atom. The van der Waals surface area contributed by atoms with Gasteiger partial charge in [-0.25, -0.2) is 0 Å². The lowest BCUT2D eigenvalue weighted by molar-refractivity contribution is 0.0994. The zero-order chi connectivity index (χ0) is 20.2. The van der Waals surface area contributed by atoms with Gasteiger partial charge < -0.3 is 9.67 Å². The van der Waals surface area contributed by atoms with Crippen molar-refractivity contribution in [2.75, 3.05) is 0 Å². The first-order valence-electron chi connectivity index (χ1n) is 9.04. The van der Waals surface area contributed by atoms with E-state index in [9.17, 15) is 9.90 Å². The minimum Gasteiger partial charge on any atom is -0.493 e. The number of aryl methyl sites for hydroxylation is 2. The number of halogens is 1. The van der Waals surface area contributed by atoms with Gasteiger partial charge in [-0.1, -0.05) is 46.3 Å². The van der Waals surface area contributed by atoms with Gasteiger partial charge in [-0.15, -0.1) is 10.2 Å². The molecule has 1 N–H and O–H groups in total. The van der Waals surface area contributed by atoms with Gasteiger partial charge in [0.05, 0.1) is 11.1 Å². The molecule has 4 aromatic rings. The summed E-state index contributed by atoms with van der Waals surface area (Å²) in [6.07, 6.45) is 3.76. The second kappa shape index (κ2) is 8.36. The molecule has 0 aliphatic carbocycles. The molecule has 0 radical (unpaired) electrons. The average Bonchev–Trinajstić information content (AvgIpc) is 3.01. The van der Waals surface area contributed by atoms with Crippen molar-refractivity contribution in [3.8, 4) is 5.88 Å². The monoisotopic (exact) mass is 448 g/mol. The molecule has 6 nitrogen and oxygen atoms in total. The number of benzene rings is 2. The van der Waals surface area contributed by atoms with E-state index < -0.39 is 5.91 Å². The Morgan fingerprint density at radius 3 is 2.69 bits per heavy atom. The van der Waals surface area contributed by atoms with Crippen LogP contribution in [0.1, 0.15) is 15.9 Å². The smallest absolute Gasteiger partial charge is 0.296 e. The maximum atomic E-state index is 12.3. The Bertz CT molecular complexity index is 1190. The lowest BCUT2D eigenvalue weighted by atomic mass is 10.1. The van der Waals surface area contributed by atoms with Crippen molar-refractivity contribution in [3.63, 3.8) is 0 Å². The van der Waals surface area contributed by atoms with Crippen LogP contribution in [0.3, 0.4) is 0 Å². The average molecular weight is 449 g/mol. The molecule has 0 saturated carbocycles. The zero-order valence-corrected chi connectivity index (χ0v) is 17.0. The molecule has 0 fully saturated rings. The van der Waals surface area contributed by atoms with Crippen molar-refractivity contribution in [2.45, 2.75) is 13.0 Å². The number of carbonyl (C=O) groups is 1. The van der Waals surface area contributed by atoms with Crippen molar-refractivity contribution in [1.29, 1.82) is 0 Å². The van der Waals surface area contributed by atoms with Gasteiger partial charge in [-0.05, 0) is 42.3 Å². The van der Waals surface area contributed by atoms with Crippen LogP contribution in [0.5, 0.6) is 5.88 Å². The second-order valence-electron chi connectivity index (χ2n) is 6.47. The van der Waals surface area contributed by atoms with Crippen LogP contribution in [0.15, 0.2) is 87.8 Å². The maximum absolute atomic E-state index is 12.3. The zero-order valence-electron chi connectivity index (χ0n) is 15.4. The van der Waals surface area contributed by atoms with Crippen LogP contribution < -0.4 is 0 Å². The number of hydrogen-bond acceptors (Lipinski definition) is 4. The maximum Gasteiger partial charge on any atom is 0.296 e. The minimum absolute atomic E-state index is 0.0169. The molecule has 29 heavy (non-hydrogen) atoms. The number of amides is 1. The molecule has 2 heterocycles. The molecule has 2 aromatic heterocycles. The summed E-state index contributed by atoms with van der Waals surface area (Å²) in [7, 11) is 0. The summed E-state index contributed by atoms with van der Waals surface area (Å²) in [4.78, 5) is 16.2. The van der Waals surface area contributed by atoms with E-state index in [1.54, 1.807) is 22.9 Å². The van der Waals surface area contributed by atoms with Gasteiger partial charge in [-0.2, -0.15) is 0 Å². The largest absolute Gasteiger partial charge is 0.493 e. The van der Waals surface area contributed by atoms with Crippen molar-refractivity contribution >= 4 is 38.4 Å². The number of nitrogens with zero attached hydrogens (tertiary/aromatic N) is 4. The van der Waals surface area contributed by atoms with E-state index in [4.69, 9.17) is 0 Å². The van der Waals surface area contributed by atoms with E-state index in [-0.39, 0.29) is 11.6 Å². The van der Waals surface area contributed by atoms with Crippen LogP contribution in [-0.4, -0.2) is 20.6 Å². The molecule has 0 unspecified atom stereocenters. The van der Waals surface area contributed by atoms with Crippen LogP contribution in [0.25, 0.3) is 10.9 Å². The van der Waals surface area contributed by atoms with Crippen molar-refractivity contribution in [3.05, 3.63) is 88.7 Å². The Hall–Kier alpha value is -3.32. The van der Waals surface area contributed by atoms with Gasteiger partial charge >= 0.3 is 0 Å². The normalized spacial score (nSPS) is 11.3. The summed E-state index contributed by atoms with van der Waals surface area (Å²) in [6.45, 7) is 0.569. The quantitative estimate of drug-likeness (QED) is 0.399. The highest BCUT2D eigenvalue weighted by molar-refractivity contribution is 9.10. The number of pyridine rings is 1. The first-order chi connectivity index (χ1) is 14.1. The topological polar surface area (TPSA) is 79.8 Å². The highest BCUT2D eigenvalue weighted by Crippen LogP contribution is 2.40. The van der Waals surface area contributed by atoms with Crippen LogP contribution in [0.4, 0.5) is 5.69 Å². The van der Waals surface area contributed by atoms with Gasteiger partial charge in [0.25, 0.3) is 5.91 Å². The summed E-state index contributed by atoms with van der Waals surface area (Å²) in [5.74, 6) is -0.533. The van der Waals surface area contributed by atoms with Crippen LogP contribution in [0, 0.1) is 0 Å². The van der Waals surface area contributed by atoms with Crippen LogP contribution in [-0.2, 0) is 13.0 Å². The third kappa shape index (κ3) is 4.09. The Morgan fingerprint density at radius 2 is 1.93 bits per heavy atom. The molecular formula is C22H17BrN4O2. The molecule has 2 aromatic carbocycles. The van der Waals surface area contributed by atoms with Crippen molar-refractivity contribution < 1.29 is 9.90 Å². The molecule has 144 valence electrons. The standard InChI is InChI=1S/C22H17BrN4O2/c23-17-8-9-19-18(13-17)20(25-26-21(28)16-7-4-11-24-14-16)22(29)27(19)12-10-15-5-2-1-3-6-15/h1-9,11,13-14,29H,10,12H2. The number of rotatable bonds is 5. The summed E-state index contributed by atoms with van der Waals surface area (Å²) in [5, 5.41) is 19.4. The van der Waals surface area contributed by atoms with Crippen molar-refractivity contribution in [1.82, 2.24) is 9.55 Å². The van der Waals surface area contributed by atoms with E-state index in [1.165, 1.54) is 11.8 Å². The number of carbonyl (C=O) groups excluding carboxylic acids is 1. The SMILES string of the molecule is O=C(N=Nc1c(O)n(CCc2ccccc2)c2ccc(Br)cc12)c1cccnc1. The third-order valence-corrected chi connectivity index (χ3v) is 5.08. The number of aromatic nitrogens is 2. The summed E-state index contributed by atoms with van der Waals surface area (Å²) in [6, 6.07) is 19.0. The first kappa shape index (κ1) is 19.0. The van der Waals surface area contributed by atoms with E-state index in [0.717, 1.165) is 16.4 Å². The number of azo groups is 1. The lowest BCUT2D eigenvalue weighted by Gasteiger charge is -2.07. The molecular weight excluding hydrogens is 432 g/mol. The second-order valence-corrected chi connectivity index (χ2v) is 7.38. The first-order valence-corrected chi connectivity index (χ1v) is 9.83. The van der Waals surface area contributed by atoms with Gasteiger partial charge in [0, 0.05) is 28.8 Å². The third-order valence-electron chi connectivity index (χ3n) is 4.59. The molecule has 1 amide bonds. The van der Waals surface area contributed by atoms with Crippen molar-refractivity contribution in [2.24, 2.45) is 10.2 Å². The highest BCUT2D eigenvalue weighted by atomic mass is 79.9. The Kier molecular flexibility index (Phi) is 5.48. The Balaban J connectivity index is 1.70. The molecule has 0 aliphatic rings. The molecule has 0 spiro atoms. The van der Waals surface area contributed by atoms with Gasteiger partial charge in [0.2, 0.25) is 5.88 Å². The molecule has 4 rings (SSSR count). The lowest BCUT2D eigenvalue weighted by Crippen LogP contribution is -2.00. The summed E-state index contributed by atoms with van der Waals surface area (Å²) >= 11 is 3.45. The predicted molar refractivity (Wildman–Crippen MR) is 115 cm³/mol. The minimum atomic E-state index is -0.516. The molecule has 0 aliphatic heterocycles. The van der Waals surface area contributed by atoms with Crippen LogP contribution >= 0.6 is 15.9 Å². The predicted octanol–water partition coefficient (Wildman–Crippen LogP) is 5.67. The van der Waals surface area contributed by atoms with Gasteiger partial charge in [0.1, 0.15) is 0 Å². The summed E-state index contributed by atoms with van der Waals surface area (Å²) < 4.78 is 2.64. The van der Waals surface area contributed by atoms with E-state index in [1.807, 2.05) is 48.5 Å². The summed E-state index contributed by atoms with van der Waals surface area (Å²) in [5.41, 5.74) is 2.60. The number of hydrogen-bond donors (Lipinski definition) is 1. The fourth-order valence-corrected chi connectivity index (χ4v) is 3.51. The molecule has 0 saturated heterocycles. The van der Waals surface area contributed by atoms with E-state index >= 15 is 0 Å². The number of fused-ring (bicyclic) bond motifs is 1. The number of aromatic hydroxyl groups is 1. The molecule has 0 atom stereocenters.